The third-order valence-corrected chi connectivity index (χ3v) is 4.74. The molecule has 0 aliphatic heterocycles. The predicted molar refractivity (Wildman–Crippen MR) is 84.5 cm³/mol. The fourth-order valence-corrected chi connectivity index (χ4v) is 3.75. The van der Waals surface area contributed by atoms with Gasteiger partial charge >= 0.3 is 0 Å². The highest BCUT2D eigenvalue weighted by atomic mass is 32.2. The molecule has 2 aromatic rings. The van der Waals surface area contributed by atoms with E-state index in [0.717, 1.165) is 37.6 Å². The first kappa shape index (κ1) is 15.2. The second-order valence-electron chi connectivity index (χ2n) is 5.82. The standard InChI is InChI=1S/C16H20N2O3S/c1-22(19,20)21-16-9-5-14(6-10-16)13-3-7-15(8-4-13)18-12-2-11-17-18/h2-4,7-8,11-12,14,16H,5-6,9-10H2,1H3. The van der Waals surface area contributed by atoms with E-state index in [4.69, 9.17) is 4.18 Å². The molecule has 1 heterocycles. The van der Waals surface area contributed by atoms with E-state index in [1.165, 1.54) is 5.56 Å². The van der Waals surface area contributed by atoms with Crippen molar-refractivity contribution in [2.24, 2.45) is 0 Å². The summed E-state index contributed by atoms with van der Waals surface area (Å²) in [4.78, 5) is 0. The van der Waals surface area contributed by atoms with Crippen molar-refractivity contribution in [3.63, 3.8) is 0 Å². The topological polar surface area (TPSA) is 61.2 Å². The van der Waals surface area contributed by atoms with Gasteiger partial charge in [-0.2, -0.15) is 13.5 Å². The highest BCUT2D eigenvalue weighted by Gasteiger charge is 2.25. The molecule has 1 fully saturated rings. The van der Waals surface area contributed by atoms with Crippen LogP contribution in [-0.2, 0) is 14.3 Å². The molecule has 22 heavy (non-hydrogen) atoms. The van der Waals surface area contributed by atoms with Crippen LogP contribution in [0.15, 0.2) is 42.7 Å². The molecule has 0 unspecified atom stereocenters. The van der Waals surface area contributed by atoms with Crippen LogP contribution >= 0.6 is 0 Å². The molecule has 0 saturated heterocycles. The molecule has 1 aromatic heterocycles. The van der Waals surface area contributed by atoms with Gasteiger partial charge in [0, 0.05) is 12.4 Å². The van der Waals surface area contributed by atoms with E-state index in [9.17, 15) is 8.42 Å². The average Bonchev–Trinajstić information content (AvgIpc) is 3.01. The maximum atomic E-state index is 11.2. The zero-order valence-electron chi connectivity index (χ0n) is 12.6. The Balaban J connectivity index is 1.62. The monoisotopic (exact) mass is 320 g/mol. The number of aromatic nitrogens is 2. The van der Waals surface area contributed by atoms with Gasteiger partial charge in [-0.1, -0.05) is 12.1 Å². The molecule has 1 aromatic carbocycles. The Hall–Kier alpha value is -1.66. The fourth-order valence-electron chi connectivity index (χ4n) is 3.06. The Labute approximate surface area is 131 Å². The predicted octanol–water partition coefficient (Wildman–Crippen LogP) is 2.87. The van der Waals surface area contributed by atoms with Gasteiger partial charge in [-0.15, -0.1) is 0 Å². The van der Waals surface area contributed by atoms with Gasteiger partial charge in [-0.25, -0.2) is 4.68 Å². The van der Waals surface area contributed by atoms with Gasteiger partial charge in [-0.3, -0.25) is 4.18 Å². The van der Waals surface area contributed by atoms with Crippen LogP contribution in [0.1, 0.15) is 37.2 Å². The van der Waals surface area contributed by atoms with E-state index < -0.39 is 10.1 Å². The molecule has 1 aliphatic carbocycles. The normalized spacial score (nSPS) is 22.6. The Morgan fingerprint density at radius 1 is 1.14 bits per heavy atom. The van der Waals surface area contributed by atoms with E-state index in [1.54, 1.807) is 6.20 Å². The highest BCUT2D eigenvalue weighted by molar-refractivity contribution is 7.86. The minimum Gasteiger partial charge on any atom is -0.267 e. The Kier molecular flexibility index (Phi) is 4.31. The summed E-state index contributed by atoms with van der Waals surface area (Å²) < 4.78 is 29.3. The maximum absolute atomic E-state index is 11.2. The van der Waals surface area contributed by atoms with Crippen LogP contribution in [0.2, 0.25) is 0 Å². The molecule has 3 rings (SSSR count). The van der Waals surface area contributed by atoms with E-state index in [-0.39, 0.29) is 6.10 Å². The largest absolute Gasteiger partial charge is 0.267 e. The van der Waals surface area contributed by atoms with Crippen LogP contribution in [0.25, 0.3) is 5.69 Å². The molecule has 0 radical (unpaired) electrons. The number of nitrogens with zero attached hydrogens (tertiary/aromatic N) is 2. The number of rotatable bonds is 4. The maximum Gasteiger partial charge on any atom is 0.264 e. The van der Waals surface area contributed by atoms with Crippen LogP contribution in [0, 0.1) is 0 Å². The lowest BCUT2D eigenvalue weighted by atomic mass is 9.83. The third kappa shape index (κ3) is 3.75. The van der Waals surface area contributed by atoms with Crippen LogP contribution in [0.3, 0.4) is 0 Å². The van der Waals surface area contributed by atoms with Crippen molar-refractivity contribution >= 4 is 10.1 Å². The van der Waals surface area contributed by atoms with Gasteiger partial charge in [0.1, 0.15) is 0 Å². The van der Waals surface area contributed by atoms with Crippen LogP contribution in [-0.4, -0.2) is 30.6 Å². The third-order valence-electron chi connectivity index (χ3n) is 4.12. The molecule has 0 atom stereocenters. The lowest BCUT2D eigenvalue weighted by Crippen LogP contribution is -2.23. The van der Waals surface area contributed by atoms with Crippen molar-refractivity contribution in [2.45, 2.75) is 37.7 Å². The molecule has 1 saturated carbocycles. The first-order valence-corrected chi connectivity index (χ1v) is 9.31. The summed E-state index contributed by atoms with van der Waals surface area (Å²) >= 11 is 0. The van der Waals surface area contributed by atoms with Crippen LogP contribution < -0.4 is 0 Å². The fraction of sp³-hybridized carbons (Fsp3) is 0.438. The van der Waals surface area contributed by atoms with Gasteiger partial charge in [0.15, 0.2) is 0 Å². The number of benzene rings is 1. The van der Waals surface area contributed by atoms with Crippen molar-refractivity contribution in [2.75, 3.05) is 6.26 Å². The van der Waals surface area contributed by atoms with Gasteiger partial charge in [0.2, 0.25) is 0 Å². The van der Waals surface area contributed by atoms with E-state index in [1.807, 2.05) is 16.9 Å². The smallest absolute Gasteiger partial charge is 0.264 e. The van der Waals surface area contributed by atoms with Crippen molar-refractivity contribution in [1.29, 1.82) is 0 Å². The molecule has 0 amide bonds. The van der Waals surface area contributed by atoms with E-state index in [2.05, 4.69) is 29.4 Å². The quantitative estimate of drug-likeness (QED) is 0.813. The minimum atomic E-state index is -3.35. The Morgan fingerprint density at radius 3 is 2.36 bits per heavy atom. The van der Waals surface area contributed by atoms with Crippen LogP contribution in [0.4, 0.5) is 0 Å². The van der Waals surface area contributed by atoms with Crippen molar-refractivity contribution < 1.29 is 12.6 Å². The summed E-state index contributed by atoms with van der Waals surface area (Å²) in [6.07, 6.45) is 8.14. The van der Waals surface area contributed by atoms with E-state index >= 15 is 0 Å². The first-order valence-electron chi connectivity index (χ1n) is 7.49. The molecule has 5 nitrogen and oxygen atoms in total. The van der Waals surface area contributed by atoms with Crippen molar-refractivity contribution in [1.82, 2.24) is 9.78 Å². The molecular formula is C16H20N2O3S. The second-order valence-corrected chi connectivity index (χ2v) is 7.42. The van der Waals surface area contributed by atoms with Gasteiger partial charge < -0.3 is 0 Å². The molecule has 6 heteroatoms. The van der Waals surface area contributed by atoms with Gasteiger partial charge in [0.25, 0.3) is 10.1 Å². The molecular weight excluding hydrogens is 300 g/mol. The summed E-state index contributed by atoms with van der Waals surface area (Å²) in [5.41, 5.74) is 2.34. The summed E-state index contributed by atoms with van der Waals surface area (Å²) in [5, 5.41) is 4.22. The van der Waals surface area contributed by atoms with Crippen molar-refractivity contribution in [3.8, 4) is 5.69 Å². The Bertz CT molecular complexity index is 700. The SMILES string of the molecule is CS(=O)(=O)OC1CCC(c2ccc(-n3cccn3)cc2)CC1. The van der Waals surface area contributed by atoms with E-state index in [0.29, 0.717) is 5.92 Å². The minimum absolute atomic E-state index is 0.158. The molecule has 0 bridgehead atoms. The lowest BCUT2D eigenvalue weighted by Gasteiger charge is -2.28. The summed E-state index contributed by atoms with van der Waals surface area (Å²) in [6.45, 7) is 0. The molecule has 1 aliphatic rings. The average molecular weight is 320 g/mol. The second kappa shape index (κ2) is 6.22. The van der Waals surface area contributed by atoms with Crippen LogP contribution in [0.5, 0.6) is 0 Å². The zero-order valence-corrected chi connectivity index (χ0v) is 13.4. The van der Waals surface area contributed by atoms with Crippen molar-refractivity contribution in [3.05, 3.63) is 48.3 Å². The van der Waals surface area contributed by atoms with Gasteiger partial charge in [0.05, 0.1) is 18.0 Å². The summed E-state index contributed by atoms with van der Waals surface area (Å²) in [6, 6.07) is 10.3. The highest BCUT2D eigenvalue weighted by Crippen LogP contribution is 2.34. The summed E-state index contributed by atoms with van der Waals surface area (Å²) in [7, 11) is -3.35. The Morgan fingerprint density at radius 2 is 1.82 bits per heavy atom. The first-order chi connectivity index (χ1) is 10.5. The molecule has 0 N–H and O–H groups in total. The molecule has 0 spiro atoms. The van der Waals surface area contributed by atoms with Gasteiger partial charge in [-0.05, 0) is 55.4 Å². The molecule has 118 valence electrons. The zero-order chi connectivity index (χ0) is 15.6. The lowest BCUT2D eigenvalue weighted by molar-refractivity contribution is 0.155. The number of hydrogen-bond donors (Lipinski definition) is 0. The summed E-state index contributed by atoms with van der Waals surface area (Å²) in [5.74, 6) is 0.478. The number of hydrogen-bond acceptors (Lipinski definition) is 4.